The van der Waals surface area contributed by atoms with Crippen molar-refractivity contribution in [2.75, 3.05) is 0 Å². The molecule has 0 atom stereocenters. The van der Waals surface area contributed by atoms with E-state index in [2.05, 4.69) is 10.3 Å². The first-order valence-corrected chi connectivity index (χ1v) is 11.1. The fraction of sp³-hybridized carbons (Fsp3) is 0.0417. The molecule has 0 spiro atoms. The summed E-state index contributed by atoms with van der Waals surface area (Å²) in [6.07, 6.45) is 1.71. The lowest BCUT2D eigenvalue weighted by molar-refractivity contribution is -0.115. The number of nitrogens with zero attached hydrogens (tertiary/aromatic N) is 1. The standard InChI is InChI=1S/C24H16Cl2N2O3S/c25-18-9-5-15(6-10-18)14-31-20-4-2-1-3-17(20)13-21-23(30)28-24(32-21)27-22(29)16-7-11-19(26)12-8-16/h1-13H,14H2,(H,27,28,29,30)/b21-13-. The molecule has 3 aromatic rings. The molecule has 0 bridgehead atoms. The van der Waals surface area contributed by atoms with Gasteiger partial charge in [-0.3, -0.25) is 9.59 Å². The number of thioether (sulfide) groups is 1. The predicted molar refractivity (Wildman–Crippen MR) is 129 cm³/mol. The summed E-state index contributed by atoms with van der Waals surface area (Å²) in [7, 11) is 0. The average molecular weight is 483 g/mol. The summed E-state index contributed by atoms with van der Waals surface area (Å²) in [5, 5.41) is 4.04. The third kappa shape index (κ3) is 5.59. The number of amidine groups is 1. The van der Waals surface area contributed by atoms with Crippen molar-refractivity contribution < 1.29 is 14.3 Å². The maximum Gasteiger partial charge on any atom is 0.279 e. The average Bonchev–Trinajstić information content (AvgIpc) is 3.13. The van der Waals surface area contributed by atoms with E-state index in [-0.39, 0.29) is 11.1 Å². The first-order valence-electron chi connectivity index (χ1n) is 9.54. The highest BCUT2D eigenvalue weighted by atomic mass is 35.5. The van der Waals surface area contributed by atoms with Crippen LogP contribution in [0.2, 0.25) is 10.0 Å². The van der Waals surface area contributed by atoms with Crippen LogP contribution >= 0.6 is 35.0 Å². The molecule has 0 unspecified atom stereocenters. The zero-order valence-corrected chi connectivity index (χ0v) is 18.9. The van der Waals surface area contributed by atoms with E-state index < -0.39 is 5.91 Å². The molecule has 0 aliphatic carbocycles. The Labute approximate surface area is 199 Å². The molecule has 1 heterocycles. The summed E-state index contributed by atoms with van der Waals surface area (Å²) in [5.41, 5.74) is 2.10. The van der Waals surface area contributed by atoms with Crippen molar-refractivity contribution in [2.24, 2.45) is 4.99 Å². The van der Waals surface area contributed by atoms with E-state index >= 15 is 0 Å². The van der Waals surface area contributed by atoms with E-state index in [0.717, 1.165) is 22.9 Å². The van der Waals surface area contributed by atoms with Gasteiger partial charge in [-0.2, -0.15) is 4.99 Å². The van der Waals surface area contributed by atoms with Gasteiger partial charge in [0.2, 0.25) is 0 Å². The van der Waals surface area contributed by atoms with Crippen LogP contribution in [0.3, 0.4) is 0 Å². The molecule has 32 heavy (non-hydrogen) atoms. The number of hydrogen-bond acceptors (Lipinski definition) is 4. The number of rotatable bonds is 5. The van der Waals surface area contributed by atoms with Gasteiger partial charge >= 0.3 is 0 Å². The molecular formula is C24H16Cl2N2O3S. The molecule has 1 aliphatic rings. The normalized spacial score (nSPS) is 15.8. The van der Waals surface area contributed by atoms with E-state index in [1.165, 1.54) is 0 Å². The third-order valence-corrected chi connectivity index (χ3v) is 5.87. The predicted octanol–water partition coefficient (Wildman–Crippen LogP) is 5.97. The van der Waals surface area contributed by atoms with Gasteiger partial charge in [-0.15, -0.1) is 0 Å². The summed E-state index contributed by atoms with van der Waals surface area (Å²) in [6.45, 7) is 0.360. The van der Waals surface area contributed by atoms with E-state index in [4.69, 9.17) is 27.9 Å². The van der Waals surface area contributed by atoms with Crippen LogP contribution in [0.25, 0.3) is 6.08 Å². The van der Waals surface area contributed by atoms with Crippen molar-refractivity contribution >= 4 is 58.0 Å². The fourth-order valence-electron chi connectivity index (χ4n) is 2.84. The van der Waals surface area contributed by atoms with Crippen molar-refractivity contribution in [1.82, 2.24) is 5.32 Å². The summed E-state index contributed by atoms with van der Waals surface area (Å²) in [6, 6.07) is 21.2. The largest absolute Gasteiger partial charge is 0.488 e. The first-order chi connectivity index (χ1) is 15.5. The Morgan fingerprint density at radius 1 is 0.969 bits per heavy atom. The van der Waals surface area contributed by atoms with Crippen LogP contribution in [0.5, 0.6) is 5.75 Å². The Hall–Kier alpha value is -3.06. The second kappa shape index (κ2) is 10.0. The first kappa shape index (κ1) is 22.1. The van der Waals surface area contributed by atoms with Crippen LogP contribution in [0.4, 0.5) is 0 Å². The van der Waals surface area contributed by atoms with E-state index in [9.17, 15) is 9.59 Å². The van der Waals surface area contributed by atoms with Gasteiger partial charge in [0, 0.05) is 21.2 Å². The smallest absolute Gasteiger partial charge is 0.279 e. The molecule has 1 fully saturated rings. The number of nitrogens with one attached hydrogen (secondary N) is 1. The fourth-order valence-corrected chi connectivity index (χ4v) is 3.91. The molecule has 8 heteroatoms. The van der Waals surface area contributed by atoms with E-state index in [0.29, 0.717) is 32.9 Å². The van der Waals surface area contributed by atoms with Gasteiger partial charge in [0.25, 0.3) is 11.8 Å². The summed E-state index contributed by atoms with van der Waals surface area (Å²) in [5.74, 6) is -0.159. The maximum atomic E-state index is 12.4. The minimum absolute atomic E-state index is 0.223. The Balaban J connectivity index is 1.49. The van der Waals surface area contributed by atoms with Gasteiger partial charge in [0.15, 0.2) is 5.17 Å². The van der Waals surface area contributed by atoms with Gasteiger partial charge in [0.1, 0.15) is 12.4 Å². The molecule has 3 aromatic carbocycles. The highest BCUT2D eigenvalue weighted by Gasteiger charge is 2.25. The molecule has 4 rings (SSSR count). The Kier molecular flexibility index (Phi) is 6.95. The number of para-hydroxylation sites is 1. The van der Waals surface area contributed by atoms with Crippen LogP contribution in [0.15, 0.2) is 82.7 Å². The van der Waals surface area contributed by atoms with Gasteiger partial charge in [0.05, 0.1) is 4.91 Å². The summed E-state index contributed by atoms with van der Waals surface area (Å²) in [4.78, 5) is 29.2. The number of benzene rings is 3. The lowest BCUT2D eigenvalue weighted by Crippen LogP contribution is -2.20. The highest BCUT2D eigenvalue weighted by molar-refractivity contribution is 8.18. The number of amides is 2. The van der Waals surface area contributed by atoms with Crippen LogP contribution in [0, 0.1) is 0 Å². The number of carbonyl (C=O) groups is 2. The van der Waals surface area contributed by atoms with Gasteiger partial charge < -0.3 is 10.1 Å². The van der Waals surface area contributed by atoms with Crippen molar-refractivity contribution in [1.29, 1.82) is 0 Å². The van der Waals surface area contributed by atoms with Gasteiger partial charge in [-0.25, -0.2) is 0 Å². The molecule has 2 amide bonds. The second-order valence-electron chi connectivity index (χ2n) is 6.75. The zero-order chi connectivity index (χ0) is 22.5. The van der Waals surface area contributed by atoms with Crippen LogP contribution in [-0.4, -0.2) is 17.0 Å². The van der Waals surface area contributed by atoms with Crippen LogP contribution < -0.4 is 10.1 Å². The molecule has 0 saturated carbocycles. The number of halogens is 2. The Bertz CT molecular complexity index is 1220. The Morgan fingerprint density at radius 3 is 2.34 bits per heavy atom. The summed E-state index contributed by atoms with van der Waals surface area (Å²) < 4.78 is 5.94. The van der Waals surface area contributed by atoms with Crippen LogP contribution in [0.1, 0.15) is 21.5 Å². The van der Waals surface area contributed by atoms with E-state index in [1.54, 1.807) is 42.5 Å². The monoisotopic (exact) mass is 482 g/mol. The molecule has 1 N–H and O–H groups in total. The topological polar surface area (TPSA) is 67.8 Å². The van der Waals surface area contributed by atoms with Crippen molar-refractivity contribution in [2.45, 2.75) is 6.61 Å². The minimum atomic E-state index is -0.461. The number of aliphatic imine (C=N–C) groups is 1. The molecule has 0 aromatic heterocycles. The molecular weight excluding hydrogens is 467 g/mol. The highest BCUT2D eigenvalue weighted by Crippen LogP contribution is 2.30. The zero-order valence-electron chi connectivity index (χ0n) is 16.5. The van der Waals surface area contributed by atoms with Crippen molar-refractivity contribution in [3.05, 3.63) is 104 Å². The SMILES string of the molecule is O=C1NC(=NC(=O)c2ccc(Cl)cc2)S/C1=C\c1ccccc1OCc1ccc(Cl)cc1. The number of carbonyl (C=O) groups excluding carboxylic acids is 2. The number of ether oxygens (including phenoxy) is 1. The second-order valence-corrected chi connectivity index (χ2v) is 8.65. The minimum Gasteiger partial charge on any atom is -0.488 e. The maximum absolute atomic E-state index is 12.4. The van der Waals surface area contributed by atoms with Crippen molar-refractivity contribution in [3.63, 3.8) is 0 Å². The lowest BCUT2D eigenvalue weighted by Gasteiger charge is -2.09. The van der Waals surface area contributed by atoms with Gasteiger partial charge in [-0.1, -0.05) is 53.5 Å². The van der Waals surface area contributed by atoms with Crippen molar-refractivity contribution in [3.8, 4) is 5.75 Å². The Morgan fingerprint density at radius 2 is 1.62 bits per heavy atom. The van der Waals surface area contributed by atoms with Gasteiger partial charge in [-0.05, 0) is 65.9 Å². The summed E-state index contributed by atoms with van der Waals surface area (Å²) >= 11 is 12.9. The van der Waals surface area contributed by atoms with E-state index in [1.807, 2.05) is 36.4 Å². The number of hydrogen-bond donors (Lipinski definition) is 1. The third-order valence-electron chi connectivity index (χ3n) is 4.46. The molecule has 1 aliphatic heterocycles. The molecule has 160 valence electrons. The quantitative estimate of drug-likeness (QED) is 0.454. The molecule has 0 radical (unpaired) electrons. The van der Waals surface area contributed by atoms with Crippen LogP contribution in [-0.2, 0) is 11.4 Å². The molecule has 1 saturated heterocycles. The molecule has 5 nitrogen and oxygen atoms in total. The lowest BCUT2D eigenvalue weighted by atomic mass is 10.2.